The Kier molecular flexibility index (Phi) is 3.18. The van der Waals surface area contributed by atoms with Gasteiger partial charge in [-0.2, -0.15) is 4.98 Å². The van der Waals surface area contributed by atoms with Crippen LogP contribution in [0, 0.1) is 5.82 Å². The lowest BCUT2D eigenvalue weighted by Crippen LogP contribution is -2.10. The predicted octanol–water partition coefficient (Wildman–Crippen LogP) is 4.29. The highest BCUT2D eigenvalue weighted by atomic mass is 19.1. The number of nitrogens with zero attached hydrogens (tertiary/aromatic N) is 1. The van der Waals surface area contributed by atoms with Crippen molar-refractivity contribution in [2.24, 2.45) is 0 Å². The van der Waals surface area contributed by atoms with Crippen LogP contribution >= 0.6 is 0 Å². The SMILES string of the molecule is Fc1ccc2c(c1)[C@H](Nc1nc3ccccc3o1)CCCO2. The molecule has 0 saturated carbocycles. The van der Waals surface area contributed by atoms with Crippen molar-refractivity contribution in [3.05, 3.63) is 53.8 Å². The zero-order chi connectivity index (χ0) is 14.9. The zero-order valence-electron chi connectivity index (χ0n) is 11.9. The van der Waals surface area contributed by atoms with Crippen LogP contribution < -0.4 is 10.1 Å². The van der Waals surface area contributed by atoms with Gasteiger partial charge in [0.25, 0.3) is 6.01 Å². The first-order valence-electron chi connectivity index (χ1n) is 7.34. The number of hydrogen-bond acceptors (Lipinski definition) is 4. The molecular formula is C17H15FN2O2. The molecule has 1 aliphatic heterocycles. The highest BCUT2D eigenvalue weighted by Crippen LogP contribution is 2.34. The number of fused-ring (bicyclic) bond motifs is 2. The van der Waals surface area contributed by atoms with Crippen LogP contribution in [0.3, 0.4) is 0 Å². The number of rotatable bonds is 2. The Morgan fingerprint density at radius 1 is 1.18 bits per heavy atom. The maximum absolute atomic E-state index is 13.6. The van der Waals surface area contributed by atoms with Gasteiger partial charge in [-0.1, -0.05) is 12.1 Å². The van der Waals surface area contributed by atoms with Crippen molar-refractivity contribution in [2.45, 2.75) is 18.9 Å². The number of halogens is 1. The van der Waals surface area contributed by atoms with Gasteiger partial charge in [-0.25, -0.2) is 4.39 Å². The zero-order valence-corrected chi connectivity index (χ0v) is 11.9. The number of oxazole rings is 1. The topological polar surface area (TPSA) is 47.3 Å². The molecule has 1 N–H and O–H groups in total. The normalized spacial score (nSPS) is 17.6. The second-order valence-corrected chi connectivity index (χ2v) is 5.36. The molecule has 4 nitrogen and oxygen atoms in total. The van der Waals surface area contributed by atoms with E-state index < -0.39 is 0 Å². The molecule has 22 heavy (non-hydrogen) atoms. The lowest BCUT2D eigenvalue weighted by Gasteiger charge is -2.17. The van der Waals surface area contributed by atoms with Crippen LogP contribution in [0.1, 0.15) is 24.4 Å². The van der Waals surface area contributed by atoms with E-state index >= 15 is 0 Å². The summed E-state index contributed by atoms with van der Waals surface area (Å²) in [5.41, 5.74) is 2.34. The van der Waals surface area contributed by atoms with E-state index in [-0.39, 0.29) is 11.9 Å². The largest absolute Gasteiger partial charge is 0.493 e. The van der Waals surface area contributed by atoms with Crippen molar-refractivity contribution >= 4 is 17.1 Å². The number of aromatic nitrogens is 1. The molecule has 0 amide bonds. The van der Waals surface area contributed by atoms with Crippen LogP contribution in [0.5, 0.6) is 5.75 Å². The number of para-hydroxylation sites is 2. The first-order valence-corrected chi connectivity index (χ1v) is 7.34. The molecule has 0 fully saturated rings. The first kappa shape index (κ1) is 13.1. The van der Waals surface area contributed by atoms with E-state index in [4.69, 9.17) is 9.15 Å². The van der Waals surface area contributed by atoms with Crippen molar-refractivity contribution in [2.75, 3.05) is 11.9 Å². The van der Waals surface area contributed by atoms with Crippen molar-refractivity contribution in [3.8, 4) is 5.75 Å². The molecular weight excluding hydrogens is 283 g/mol. The standard InChI is InChI=1S/C17H15FN2O2/c18-11-7-8-15-12(10-11)13(5-3-9-21-15)19-17-20-14-4-1-2-6-16(14)22-17/h1-2,4,6-8,10,13H,3,5,9H2,(H,19,20)/t13-/m1/s1. The summed E-state index contributed by atoms with van der Waals surface area (Å²) in [5, 5.41) is 3.27. The summed E-state index contributed by atoms with van der Waals surface area (Å²) in [6, 6.07) is 12.6. The van der Waals surface area contributed by atoms with E-state index in [9.17, 15) is 4.39 Å². The summed E-state index contributed by atoms with van der Waals surface area (Å²) in [7, 11) is 0. The van der Waals surface area contributed by atoms with E-state index in [1.165, 1.54) is 12.1 Å². The van der Waals surface area contributed by atoms with Crippen LogP contribution in [0.2, 0.25) is 0 Å². The van der Waals surface area contributed by atoms with Gasteiger partial charge in [-0.15, -0.1) is 0 Å². The second kappa shape index (κ2) is 5.33. The van der Waals surface area contributed by atoms with Crippen molar-refractivity contribution in [1.29, 1.82) is 0 Å². The Morgan fingerprint density at radius 3 is 3.00 bits per heavy atom. The fraction of sp³-hybridized carbons (Fsp3) is 0.235. The Bertz CT molecular complexity index is 782. The molecule has 112 valence electrons. The van der Waals surface area contributed by atoms with Crippen molar-refractivity contribution < 1.29 is 13.5 Å². The van der Waals surface area contributed by atoms with Gasteiger partial charge in [0.1, 0.15) is 17.1 Å². The van der Waals surface area contributed by atoms with E-state index in [1.54, 1.807) is 6.07 Å². The molecule has 0 bridgehead atoms. The van der Waals surface area contributed by atoms with Crippen LogP contribution in [-0.2, 0) is 0 Å². The summed E-state index contributed by atoms with van der Waals surface area (Å²) < 4.78 is 25.0. The van der Waals surface area contributed by atoms with Gasteiger partial charge in [0.05, 0.1) is 12.6 Å². The number of nitrogens with one attached hydrogen (secondary N) is 1. The quantitative estimate of drug-likeness (QED) is 0.766. The number of hydrogen-bond donors (Lipinski definition) is 1. The third-order valence-corrected chi connectivity index (χ3v) is 3.83. The van der Waals surface area contributed by atoms with Crippen LogP contribution in [0.15, 0.2) is 46.9 Å². The molecule has 5 heteroatoms. The smallest absolute Gasteiger partial charge is 0.296 e. The Labute approximate surface area is 126 Å². The average Bonchev–Trinajstić information content (AvgIpc) is 2.83. The highest BCUT2D eigenvalue weighted by Gasteiger charge is 2.22. The Balaban J connectivity index is 1.68. The fourth-order valence-corrected chi connectivity index (χ4v) is 2.78. The monoisotopic (exact) mass is 298 g/mol. The van der Waals surface area contributed by atoms with E-state index in [2.05, 4.69) is 10.3 Å². The van der Waals surface area contributed by atoms with Gasteiger partial charge in [0, 0.05) is 5.56 Å². The highest BCUT2D eigenvalue weighted by molar-refractivity contribution is 5.74. The molecule has 0 aliphatic carbocycles. The summed E-state index contributed by atoms with van der Waals surface area (Å²) >= 11 is 0. The molecule has 0 saturated heterocycles. The third kappa shape index (κ3) is 2.39. The van der Waals surface area contributed by atoms with Gasteiger partial charge in [-0.05, 0) is 43.2 Å². The molecule has 2 heterocycles. The predicted molar refractivity (Wildman–Crippen MR) is 81.5 cm³/mol. The molecule has 1 aromatic heterocycles. The van der Waals surface area contributed by atoms with Crippen LogP contribution in [-0.4, -0.2) is 11.6 Å². The van der Waals surface area contributed by atoms with E-state index in [0.29, 0.717) is 18.4 Å². The van der Waals surface area contributed by atoms with Gasteiger partial charge in [0.2, 0.25) is 0 Å². The van der Waals surface area contributed by atoms with Crippen LogP contribution in [0.25, 0.3) is 11.1 Å². The molecule has 0 radical (unpaired) electrons. The molecule has 0 unspecified atom stereocenters. The maximum atomic E-state index is 13.6. The summed E-state index contributed by atoms with van der Waals surface area (Å²) in [6.07, 6.45) is 1.71. The minimum absolute atomic E-state index is 0.0822. The fourth-order valence-electron chi connectivity index (χ4n) is 2.78. The summed E-state index contributed by atoms with van der Waals surface area (Å²) in [5.74, 6) is 0.445. The van der Waals surface area contributed by atoms with Crippen molar-refractivity contribution in [1.82, 2.24) is 4.98 Å². The number of benzene rings is 2. The lowest BCUT2D eigenvalue weighted by molar-refractivity contribution is 0.316. The van der Waals surface area contributed by atoms with Crippen molar-refractivity contribution in [3.63, 3.8) is 0 Å². The molecule has 4 rings (SSSR count). The average molecular weight is 298 g/mol. The minimum Gasteiger partial charge on any atom is -0.493 e. The number of anilines is 1. The molecule has 3 aromatic rings. The summed E-state index contributed by atoms with van der Waals surface area (Å²) in [4.78, 5) is 4.42. The molecule has 0 spiro atoms. The van der Waals surface area contributed by atoms with Crippen LogP contribution in [0.4, 0.5) is 10.4 Å². The molecule has 2 aromatic carbocycles. The molecule has 1 atom stereocenters. The van der Waals surface area contributed by atoms with E-state index in [1.807, 2.05) is 24.3 Å². The second-order valence-electron chi connectivity index (χ2n) is 5.36. The Morgan fingerprint density at radius 2 is 2.09 bits per heavy atom. The molecule has 1 aliphatic rings. The van der Waals surface area contributed by atoms with Gasteiger partial charge >= 0.3 is 0 Å². The number of ether oxygens (including phenoxy) is 1. The van der Waals surface area contributed by atoms with Gasteiger partial charge in [-0.3, -0.25) is 0 Å². The maximum Gasteiger partial charge on any atom is 0.296 e. The minimum atomic E-state index is -0.270. The Hall–Kier alpha value is -2.56. The third-order valence-electron chi connectivity index (χ3n) is 3.83. The lowest BCUT2D eigenvalue weighted by atomic mass is 10.0. The van der Waals surface area contributed by atoms with Gasteiger partial charge in [0.15, 0.2) is 5.58 Å². The van der Waals surface area contributed by atoms with Gasteiger partial charge < -0.3 is 14.5 Å². The van der Waals surface area contributed by atoms with E-state index in [0.717, 1.165) is 29.5 Å². The summed E-state index contributed by atoms with van der Waals surface area (Å²) in [6.45, 7) is 0.629. The first-order chi connectivity index (χ1) is 10.8.